The van der Waals surface area contributed by atoms with E-state index in [1.807, 2.05) is 0 Å². The highest BCUT2D eigenvalue weighted by molar-refractivity contribution is 7.89. The first-order valence-electron chi connectivity index (χ1n) is 5.75. The lowest BCUT2D eigenvalue weighted by Gasteiger charge is -2.14. The molecule has 0 unspecified atom stereocenters. The maximum absolute atomic E-state index is 11.6. The van der Waals surface area contributed by atoms with Gasteiger partial charge in [-0.15, -0.1) is 0 Å². The van der Waals surface area contributed by atoms with Crippen LogP contribution in [0.3, 0.4) is 0 Å². The molecule has 3 N–H and O–H groups in total. The monoisotopic (exact) mass is 279 g/mol. The number of carbonyl (C=O) groups is 2. The number of nitrogens with one attached hydrogen (secondary N) is 1. The number of sulfonamides is 1. The molecule has 7 nitrogen and oxygen atoms in total. The number of hydrogen-bond donors (Lipinski definition) is 3. The Morgan fingerprint density at radius 2 is 1.89 bits per heavy atom. The smallest absolute Gasteiger partial charge is 0.321 e. The molecule has 1 saturated carbocycles. The first-order chi connectivity index (χ1) is 8.30. The average molecular weight is 279 g/mol. The molecule has 1 rings (SSSR count). The molecule has 104 valence electrons. The third kappa shape index (κ3) is 5.97. The summed E-state index contributed by atoms with van der Waals surface area (Å²) in [4.78, 5) is 21.2. The van der Waals surface area contributed by atoms with Crippen LogP contribution in [-0.2, 0) is 19.6 Å². The molecule has 1 atom stereocenters. The number of hydrogen-bond acceptors (Lipinski definition) is 4. The van der Waals surface area contributed by atoms with Crippen molar-refractivity contribution in [3.63, 3.8) is 0 Å². The van der Waals surface area contributed by atoms with Gasteiger partial charge in [0.15, 0.2) is 0 Å². The highest BCUT2D eigenvalue weighted by atomic mass is 32.2. The molecule has 8 heteroatoms. The fourth-order valence-electron chi connectivity index (χ4n) is 1.55. The van der Waals surface area contributed by atoms with Crippen molar-refractivity contribution >= 4 is 22.0 Å². The van der Waals surface area contributed by atoms with Crippen LogP contribution in [0, 0.1) is 5.92 Å². The average Bonchev–Trinajstić information content (AvgIpc) is 2.98. The Hall–Kier alpha value is -1.15. The van der Waals surface area contributed by atoms with Crippen LogP contribution in [0.1, 0.15) is 32.1 Å². The van der Waals surface area contributed by atoms with E-state index in [0.717, 1.165) is 12.8 Å². The Morgan fingerprint density at radius 3 is 2.33 bits per heavy atom. The minimum absolute atomic E-state index is 0.0223. The van der Waals surface area contributed by atoms with Gasteiger partial charge in [0.2, 0.25) is 10.0 Å². The predicted molar refractivity (Wildman–Crippen MR) is 62.6 cm³/mol. The second-order valence-electron chi connectivity index (χ2n) is 4.52. The van der Waals surface area contributed by atoms with Crippen LogP contribution in [0.25, 0.3) is 0 Å². The van der Waals surface area contributed by atoms with Gasteiger partial charge in [-0.05, 0) is 31.6 Å². The molecule has 1 aliphatic carbocycles. The van der Waals surface area contributed by atoms with Crippen LogP contribution in [0.2, 0.25) is 0 Å². The Bertz CT molecular complexity index is 414. The van der Waals surface area contributed by atoms with Crippen molar-refractivity contribution < 1.29 is 28.2 Å². The lowest BCUT2D eigenvalue weighted by atomic mass is 10.1. The first kappa shape index (κ1) is 14.9. The summed E-state index contributed by atoms with van der Waals surface area (Å²) in [5, 5.41) is 17.3. The lowest BCUT2D eigenvalue weighted by molar-refractivity contribution is -0.140. The molecular weight excluding hydrogens is 262 g/mol. The molecule has 0 aliphatic heterocycles. The maximum atomic E-state index is 11.6. The molecule has 0 radical (unpaired) electrons. The van der Waals surface area contributed by atoms with Gasteiger partial charge >= 0.3 is 11.9 Å². The highest BCUT2D eigenvalue weighted by Crippen LogP contribution is 2.30. The molecule has 1 aliphatic rings. The van der Waals surface area contributed by atoms with Gasteiger partial charge in [-0.1, -0.05) is 0 Å². The molecule has 0 saturated heterocycles. The van der Waals surface area contributed by atoms with Crippen LogP contribution >= 0.6 is 0 Å². The topological polar surface area (TPSA) is 121 Å². The van der Waals surface area contributed by atoms with Gasteiger partial charge in [0.05, 0.1) is 5.75 Å². The molecule has 0 heterocycles. The van der Waals surface area contributed by atoms with Crippen molar-refractivity contribution in [2.45, 2.75) is 38.1 Å². The second kappa shape index (κ2) is 6.14. The summed E-state index contributed by atoms with van der Waals surface area (Å²) in [7, 11) is -3.59. The molecule has 0 aromatic carbocycles. The molecule has 0 spiro atoms. The minimum atomic E-state index is -3.59. The minimum Gasteiger partial charge on any atom is -0.481 e. The van der Waals surface area contributed by atoms with Gasteiger partial charge in [0, 0.05) is 6.42 Å². The standard InChI is InChI=1S/C10H17NO6S/c12-9(13)3-1-2-8(10(14)15)11-18(16,17)6-7-4-5-7/h7-8,11H,1-6H2,(H,12,13)(H,14,15)/t8-/m1/s1. The van der Waals surface area contributed by atoms with Crippen molar-refractivity contribution in [3.05, 3.63) is 0 Å². The Labute approximate surface area is 105 Å². The third-order valence-electron chi connectivity index (χ3n) is 2.66. The van der Waals surface area contributed by atoms with E-state index >= 15 is 0 Å². The van der Waals surface area contributed by atoms with Crippen molar-refractivity contribution in [1.82, 2.24) is 4.72 Å². The maximum Gasteiger partial charge on any atom is 0.321 e. The predicted octanol–water partition coefficient (Wildman–Crippen LogP) is 0.0239. The van der Waals surface area contributed by atoms with Crippen LogP contribution < -0.4 is 4.72 Å². The summed E-state index contributed by atoms with van der Waals surface area (Å²) < 4.78 is 25.3. The van der Waals surface area contributed by atoms with Crippen LogP contribution in [0.5, 0.6) is 0 Å². The quantitative estimate of drug-likeness (QED) is 0.547. The van der Waals surface area contributed by atoms with Gasteiger partial charge in [-0.25, -0.2) is 13.1 Å². The summed E-state index contributed by atoms with van der Waals surface area (Å²) in [5.41, 5.74) is 0. The molecule has 0 amide bonds. The molecular formula is C10H17NO6S. The van der Waals surface area contributed by atoms with Crippen LogP contribution in [0.15, 0.2) is 0 Å². The van der Waals surface area contributed by atoms with Gasteiger partial charge in [-0.2, -0.15) is 0 Å². The molecule has 18 heavy (non-hydrogen) atoms. The summed E-state index contributed by atoms with van der Waals surface area (Å²) in [5.74, 6) is -2.22. The van der Waals surface area contributed by atoms with E-state index in [1.54, 1.807) is 0 Å². The van der Waals surface area contributed by atoms with Crippen LogP contribution in [-0.4, -0.2) is 42.4 Å². The summed E-state index contributed by atoms with van der Waals surface area (Å²) in [6.45, 7) is 0. The number of carboxylic acids is 2. The van der Waals surface area contributed by atoms with Gasteiger partial charge in [0.25, 0.3) is 0 Å². The van der Waals surface area contributed by atoms with E-state index in [0.29, 0.717) is 0 Å². The normalized spacial score (nSPS) is 17.3. The zero-order valence-electron chi connectivity index (χ0n) is 9.83. The van der Waals surface area contributed by atoms with E-state index < -0.39 is 28.0 Å². The number of rotatable bonds is 9. The summed E-state index contributed by atoms with van der Waals surface area (Å²) >= 11 is 0. The van der Waals surface area contributed by atoms with Gasteiger partial charge < -0.3 is 10.2 Å². The van der Waals surface area contributed by atoms with Gasteiger partial charge in [0.1, 0.15) is 6.04 Å². The lowest BCUT2D eigenvalue weighted by Crippen LogP contribution is -2.42. The van der Waals surface area contributed by atoms with E-state index in [9.17, 15) is 18.0 Å². The zero-order valence-corrected chi connectivity index (χ0v) is 10.6. The van der Waals surface area contributed by atoms with Crippen molar-refractivity contribution in [3.8, 4) is 0 Å². The van der Waals surface area contributed by atoms with Gasteiger partial charge in [-0.3, -0.25) is 9.59 Å². The van der Waals surface area contributed by atoms with Crippen molar-refractivity contribution in [1.29, 1.82) is 0 Å². The van der Waals surface area contributed by atoms with E-state index in [4.69, 9.17) is 10.2 Å². The fourth-order valence-corrected chi connectivity index (χ4v) is 3.25. The van der Waals surface area contributed by atoms with E-state index in [1.165, 1.54) is 0 Å². The number of carboxylic acid groups (broad SMARTS) is 2. The fraction of sp³-hybridized carbons (Fsp3) is 0.800. The molecule has 0 aromatic heterocycles. The van der Waals surface area contributed by atoms with Crippen LogP contribution in [0.4, 0.5) is 0 Å². The molecule has 0 aromatic rings. The highest BCUT2D eigenvalue weighted by Gasteiger charge is 2.31. The SMILES string of the molecule is O=C(O)CCC[C@@H](NS(=O)(=O)CC1CC1)C(=O)O. The Balaban J connectivity index is 2.45. The van der Waals surface area contributed by atoms with E-state index in [2.05, 4.69) is 4.72 Å². The third-order valence-corrected chi connectivity index (χ3v) is 4.21. The second-order valence-corrected chi connectivity index (χ2v) is 6.32. The zero-order chi connectivity index (χ0) is 13.8. The number of aliphatic carboxylic acids is 2. The Morgan fingerprint density at radius 1 is 1.28 bits per heavy atom. The Kier molecular flexibility index (Phi) is 5.09. The summed E-state index contributed by atoms with van der Waals surface area (Å²) in [6, 6.07) is -1.24. The molecule has 1 fully saturated rings. The van der Waals surface area contributed by atoms with E-state index in [-0.39, 0.29) is 30.9 Å². The first-order valence-corrected chi connectivity index (χ1v) is 7.40. The van der Waals surface area contributed by atoms with Crippen molar-refractivity contribution in [2.75, 3.05) is 5.75 Å². The molecule has 0 bridgehead atoms. The largest absolute Gasteiger partial charge is 0.481 e. The van der Waals surface area contributed by atoms with Crippen molar-refractivity contribution in [2.24, 2.45) is 5.92 Å². The summed E-state index contributed by atoms with van der Waals surface area (Å²) in [6.07, 6.45) is 1.65.